The molecule has 0 saturated heterocycles. The van der Waals surface area contributed by atoms with Gasteiger partial charge in [-0.1, -0.05) is 35.9 Å². The lowest BCUT2D eigenvalue weighted by atomic mass is 10.1. The summed E-state index contributed by atoms with van der Waals surface area (Å²) in [7, 11) is 0. The first kappa shape index (κ1) is 18.9. The fourth-order valence-electron chi connectivity index (χ4n) is 2.35. The number of rotatable bonds is 9. The van der Waals surface area contributed by atoms with Gasteiger partial charge >= 0.3 is 5.97 Å². The van der Waals surface area contributed by atoms with E-state index < -0.39 is 0 Å². The van der Waals surface area contributed by atoms with Gasteiger partial charge in [-0.2, -0.15) is 0 Å². The second-order valence-corrected chi connectivity index (χ2v) is 7.16. The van der Waals surface area contributed by atoms with Gasteiger partial charge in [-0.05, 0) is 67.3 Å². The van der Waals surface area contributed by atoms with Crippen LogP contribution in [0.5, 0.6) is 0 Å². The molecule has 0 amide bonds. The Labute approximate surface area is 153 Å². The van der Waals surface area contributed by atoms with Gasteiger partial charge in [-0.25, -0.2) is 0 Å². The number of benzene rings is 2. The van der Waals surface area contributed by atoms with Crippen molar-refractivity contribution in [1.29, 1.82) is 0 Å². The summed E-state index contributed by atoms with van der Waals surface area (Å²) in [6.45, 7) is 2.26. The molecule has 0 radical (unpaired) electrons. The molecule has 2 aromatic carbocycles. The molecular formula is C20H23ClO2S. The average molecular weight is 363 g/mol. The molecule has 0 unspecified atom stereocenters. The van der Waals surface area contributed by atoms with Crippen LogP contribution in [0.15, 0.2) is 53.4 Å². The highest BCUT2D eigenvalue weighted by atomic mass is 35.5. The molecule has 128 valence electrons. The van der Waals surface area contributed by atoms with Crippen LogP contribution in [-0.2, 0) is 22.4 Å². The van der Waals surface area contributed by atoms with Gasteiger partial charge in [0.25, 0.3) is 0 Å². The Morgan fingerprint density at radius 2 is 1.67 bits per heavy atom. The summed E-state index contributed by atoms with van der Waals surface area (Å²) < 4.78 is 4.96. The number of ether oxygens (including phenoxy) is 1. The van der Waals surface area contributed by atoms with E-state index in [1.807, 2.05) is 43.0 Å². The number of carbonyl (C=O) groups is 1. The molecule has 0 heterocycles. The van der Waals surface area contributed by atoms with Crippen molar-refractivity contribution in [2.24, 2.45) is 0 Å². The number of hydrogen-bond acceptors (Lipinski definition) is 3. The highest BCUT2D eigenvalue weighted by Gasteiger charge is 2.03. The van der Waals surface area contributed by atoms with Crippen molar-refractivity contribution in [3.8, 4) is 0 Å². The molecule has 0 fully saturated rings. The quantitative estimate of drug-likeness (QED) is 0.332. The minimum absolute atomic E-state index is 0.163. The third-order valence-electron chi connectivity index (χ3n) is 3.62. The molecule has 0 aliphatic heterocycles. The van der Waals surface area contributed by atoms with Crippen LogP contribution in [0.1, 0.15) is 30.9 Å². The second kappa shape index (κ2) is 10.4. The van der Waals surface area contributed by atoms with Crippen molar-refractivity contribution in [3.63, 3.8) is 0 Å². The summed E-state index contributed by atoms with van der Waals surface area (Å²) in [5.41, 5.74) is 2.33. The first-order valence-corrected chi connectivity index (χ1v) is 9.65. The smallest absolute Gasteiger partial charge is 0.310 e. The van der Waals surface area contributed by atoms with E-state index in [2.05, 4.69) is 24.3 Å². The normalized spacial score (nSPS) is 10.6. The number of carbonyl (C=O) groups excluding carboxylic acids is 1. The van der Waals surface area contributed by atoms with Gasteiger partial charge in [0.2, 0.25) is 0 Å². The van der Waals surface area contributed by atoms with Crippen LogP contribution in [-0.4, -0.2) is 18.3 Å². The van der Waals surface area contributed by atoms with Crippen LogP contribution >= 0.6 is 23.4 Å². The zero-order chi connectivity index (χ0) is 17.2. The predicted octanol–water partition coefficient (Wildman–Crippen LogP) is 5.56. The summed E-state index contributed by atoms with van der Waals surface area (Å²) in [6.07, 6.45) is 3.77. The summed E-state index contributed by atoms with van der Waals surface area (Å²) in [6, 6.07) is 16.3. The Hall–Kier alpha value is -1.45. The largest absolute Gasteiger partial charge is 0.466 e. The van der Waals surface area contributed by atoms with Crippen LogP contribution in [0.3, 0.4) is 0 Å². The van der Waals surface area contributed by atoms with E-state index in [1.54, 1.807) is 0 Å². The van der Waals surface area contributed by atoms with Gasteiger partial charge in [0.1, 0.15) is 0 Å². The fraction of sp³-hybridized carbons (Fsp3) is 0.350. The van der Waals surface area contributed by atoms with E-state index >= 15 is 0 Å². The van der Waals surface area contributed by atoms with Crippen LogP contribution in [0.25, 0.3) is 0 Å². The van der Waals surface area contributed by atoms with Crippen LogP contribution in [0.4, 0.5) is 0 Å². The van der Waals surface area contributed by atoms with Crippen molar-refractivity contribution < 1.29 is 9.53 Å². The Kier molecular flexibility index (Phi) is 8.20. The molecule has 2 nitrogen and oxygen atoms in total. The van der Waals surface area contributed by atoms with E-state index in [-0.39, 0.29) is 5.97 Å². The van der Waals surface area contributed by atoms with Gasteiger partial charge in [0.15, 0.2) is 0 Å². The number of unbranched alkanes of at least 4 members (excludes halogenated alkanes) is 1. The summed E-state index contributed by atoms with van der Waals surface area (Å²) in [4.78, 5) is 12.7. The van der Waals surface area contributed by atoms with Crippen molar-refractivity contribution in [3.05, 3.63) is 64.7 Å². The lowest BCUT2D eigenvalue weighted by Gasteiger charge is -2.05. The topological polar surface area (TPSA) is 26.3 Å². The monoisotopic (exact) mass is 362 g/mol. The lowest BCUT2D eigenvalue weighted by Crippen LogP contribution is -2.07. The predicted molar refractivity (Wildman–Crippen MR) is 102 cm³/mol. The highest BCUT2D eigenvalue weighted by molar-refractivity contribution is 7.99. The Balaban J connectivity index is 1.65. The second-order valence-electron chi connectivity index (χ2n) is 5.56. The molecule has 2 aromatic rings. The Morgan fingerprint density at radius 3 is 2.33 bits per heavy atom. The molecular weight excluding hydrogens is 340 g/mol. The van der Waals surface area contributed by atoms with Crippen LogP contribution < -0.4 is 0 Å². The third-order valence-corrected chi connectivity index (χ3v) is 4.97. The molecule has 0 aliphatic carbocycles. The molecule has 24 heavy (non-hydrogen) atoms. The minimum atomic E-state index is -0.163. The van der Waals surface area contributed by atoms with E-state index in [1.165, 1.54) is 16.9 Å². The maximum absolute atomic E-state index is 11.4. The van der Waals surface area contributed by atoms with Crippen molar-refractivity contribution >= 4 is 29.3 Å². The van der Waals surface area contributed by atoms with E-state index in [0.29, 0.717) is 13.0 Å². The molecule has 0 aromatic heterocycles. The van der Waals surface area contributed by atoms with E-state index in [9.17, 15) is 4.79 Å². The SMILES string of the molecule is CCOC(=O)Cc1ccc(CCCCSc2ccc(Cl)cc2)cc1. The molecule has 0 N–H and O–H groups in total. The number of thioether (sulfide) groups is 1. The van der Waals surface area contributed by atoms with Gasteiger partial charge in [-0.15, -0.1) is 11.8 Å². The lowest BCUT2D eigenvalue weighted by molar-refractivity contribution is -0.142. The zero-order valence-electron chi connectivity index (χ0n) is 14.0. The summed E-state index contributed by atoms with van der Waals surface area (Å²) >= 11 is 7.75. The van der Waals surface area contributed by atoms with E-state index in [0.717, 1.165) is 29.2 Å². The van der Waals surface area contributed by atoms with Crippen molar-refractivity contribution in [2.75, 3.05) is 12.4 Å². The number of aryl methyl sites for hydroxylation is 1. The highest BCUT2D eigenvalue weighted by Crippen LogP contribution is 2.21. The molecule has 0 bridgehead atoms. The number of esters is 1. The molecule has 0 spiro atoms. The zero-order valence-corrected chi connectivity index (χ0v) is 15.5. The molecule has 0 aliphatic rings. The fourth-order valence-corrected chi connectivity index (χ4v) is 3.39. The molecule has 0 saturated carbocycles. The van der Waals surface area contributed by atoms with Crippen molar-refractivity contribution in [1.82, 2.24) is 0 Å². The molecule has 0 atom stereocenters. The third kappa shape index (κ3) is 6.98. The average Bonchev–Trinajstić information content (AvgIpc) is 2.58. The van der Waals surface area contributed by atoms with Gasteiger partial charge < -0.3 is 4.74 Å². The first-order chi connectivity index (χ1) is 11.7. The number of halogens is 1. The molecule has 4 heteroatoms. The van der Waals surface area contributed by atoms with Crippen molar-refractivity contribution in [2.45, 2.75) is 37.5 Å². The van der Waals surface area contributed by atoms with Gasteiger partial charge in [-0.3, -0.25) is 4.79 Å². The molecule has 2 rings (SSSR count). The standard InChI is InChI=1S/C20H23ClO2S/c1-2-23-20(22)15-17-8-6-16(7-9-17)5-3-4-14-24-19-12-10-18(21)11-13-19/h6-13H,2-5,14-15H2,1H3. The summed E-state index contributed by atoms with van der Waals surface area (Å²) in [5.74, 6) is 0.951. The van der Waals surface area contributed by atoms with Gasteiger partial charge in [0.05, 0.1) is 13.0 Å². The van der Waals surface area contributed by atoms with E-state index in [4.69, 9.17) is 16.3 Å². The number of hydrogen-bond donors (Lipinski definition) is 0. The van der Waals surface area contributed by atoms with Crippen LogP contribution in [0.2, 0.25) is 5.02 Å². The Morgan fingerprint density at radius 1 is 1.00 bits per heavy atom. The summed E-state index contributed by atoms with van der Waals surface area (Å²) in [5, 5.41) is 0.783. The maximum atomic E-state index is 11.4. The minimum Gasteiger partial charge on any atom is -0.466 e. The Bertz CT molecular complexity index is 623. The maximum Gasteiger partial charge on any atom is 0.310 e. The van der Waals surface area contributed by atoms with Gasteiger partial charge in [0, 0.05) is 9.92 Å². The van der Waals surface area contributed by atoms with Crippen LogP contribution in [0, 0.1) is 0 Å². The first-order valence-electron chi connectivity index (χ1n) is 8.29.